The Morgan fingerprint density at radius 1 is 1.44 bits per heavy atom. The van der Waals surface area contributed by atoms with Crippen LogP contribution in [0.4, 0.5) is 0 Å². The van der Waals surface area contributed by atoms with E-state index >= 15 is 0 Å². The van der Waals surface area contributed by atoms with Crippen molar-refractivity contribution in [3.8, 4) is 0 Å². The lowest BCUT2D eigenvalue weighted by Crippen LogP contribution is -2.26. The molecule has 0 aliphatic heterocycles. The number of amides is 1. The third-order valence-electron chi connectivity index (χ3n) is 2.16. The maximum Gasteiger partial charge on any atom is 0.224 e. The number of nitrogens with one attached hydrogen (secondary N) is 1. The van der Waals surface area contributed by atoms with Crippen LogP contribution in [0.5, 0.6) is 0 Å². The van der Waals surface area contributed by atoms with Crippen LogP contribution < -0.4 is 5.32 Å². The van der Waals surface area contributed by atoms with Gasteiger partial charge in [-0.2, -0.15) is 0 Å². The number of rotatable bonds is 6. The van der Waals surface area contributed by atoms with Gasteiger partial charge < -0.3 is 10.1 Å². The molecule has 1 aromatic carbocycles. The van der Waals surface area contributed by atoms with E-state index in [0.29, 0.717) is 24.6 Å². The number of hydrogen-bond acceptors (Lipinski definition) is 2. The molecule has 0 saturated carbocycles. The minimum Gasteiger partial charge on any atom is -0.385 e. The first-order valence-electron chi connectivity index (χ1n) is 5.23. The average Bonchev–Trinajstić information content (AvgIpc) is 2.28. The number of methoxy groups -OCH3 is 1. The largest absolute Gasteiger partial charge is 0.385 e. The van der Waals surface area contributed by atoms with Crippen molar-refractivity contribution >= 4 is 17.5 Å². The molecule has 0 radical (unpaired) electrons. The van der Waals surface area contributed by atoms with Gasteiger partial charge in [0.15, 0.2) is 0 Å². The zero-order chi connectivity index (χ0) is 11.8. The molecule has 4 heteroatoms. The van der Waals surface area contributed by atoms with Crippen LogP contribution in [0.2, 0.25) is 5.02 Å². The molecule has 0 saturated heterocycles. The summed E-state index contributed by atoms with van der Waals surface area (Å²) in [7, 11) is 1.64. The second-order valence-electron chi connectivity index (χ2n) is 3.46. The molecule has 3 nitrogen and oxygen atoms in total. The van der Waals surface area contributed by atoms with E-state index in [1.165, 1.54) is 0 Å². The minimum absolute atomic E-state index is 0.01000. The normalized spacial score (nSPS) is 10.1. The summed E-state index contributed by atoms with van der Waals surface area (Å²) in [5.74, 6) is -0.01000. The highest BCUT2D eigenvalue weighted by Crippen LogP contribution is 2.14. The summed E-state index contributed by atoms with van der Waals surface area (Å²) in [6, 6.07) is 7.37. The number of hydrogen-bond donors (Lipinski definition) is 1. The fourth-order valence-electron chi connectivity index (χ4n) is 1.32. The fourth-order valence-corrected chi connectivity index (χ4v) is 1.52. The molecule has 0 aliphatic carbocycles. The Morgan fingerprint density at radius 2 is 2.19 bits per heavy atom. The molecule has 1 amide bonds. The van der Waals surface area contributed by atoms with Crippen LogP contribution in [0, 0.1) is 0 Å². The van der Waals surface area contributed by atoms with Crippen molar-refractivity contribution in [2.24, 2.45) is 0 Å². The molecule has 0 spiro atoms. The first kappa shape index (κ1) is 13.0. The van der Waals surface area contributed by atoms with Gasteiger partial charge in [0, 0.05) is 25.3 Å². The van der Waals surface area contributed by atoms with Crippen molar-refractivity contribution in [1.82, 2.24) is 5.32 Å². The number of halogens is 1. The number of benzene rings is 1. The van der Waals surface area contributed by atoms with Gasteiger partial charge in [0.1, 0.15) is 0 Å². The lowest BCUT2D eigenvalue weighted by molar-refractivity contribution is -0.120. The first-order chi connectivity index (χ1) is 7.74. The van der Waals surface area contributed by atoms with Crippen molar-refractivity contribution in [2.75, 3.05) is 20.3 Å². The van der Waals surface area contributed by atoms with E-state index in [1.807, 2.05) is 18.2 Å². The van der Waals surface area contributed by atoms with E-state index < -0.39 is 0 Å². The standard InChI is InChI=1S/C12H16ClNO2/c1-16-8-4-7-14-12(15)9-10-5-2-3-6-11(10)13/h2-3,5-6H,4,7-9H2,1H3,(H,14,15). The molecule has 16 heavy (non-hydrogen) atoms. The van der Waals surface area contributed by atoms with E-state index in [2.05, 4.69) is 5.32 Å². The second-order valence-corrected chi connectivity index (χ2v) is 3.87. The quantitative estimate of drug-likeness (QED) is 0.774. The molecule has 0 unspecified atom stereocenters. The Balaban J connectivity index is 2.32. The predicted octanol–water partition coefficient (Wildman–Crippen LogP) is 2.04. The first-order valence-corrected chi connectivity index (χ1v) is 5.61. The lowest BCUT2D eigenvalue weighted by atomic mass is 10.1. The van der Waals surface area contributed by atoms with Crippen LogP contribution in [0.15, 0.2) is 24.3 Å². The van der Waals surface area contributed by atoms with Gasteiger partial charge >= 0.3 is 0 Å². The van der Waals surface area contributed by atoms with Gasteiger partial charge in [-0.15, -0.1) is 0 Å². The average molecular weight is 242 g/mol. The lowest BCUT2D eigenvalue weighted by Gasteiger charge is -2.06. The smallest absolute Gasteiger partial charge is 0.224 e. The summed E-state index contributed by atoms with van der Waals surface area (Å²) >= 11 is 5.95. The predicted molar refractivity (Wildman–Crippen MR) is 64.7 cm³/mol. The summed E-state index contributed by atoms with van der Waals surface area (Å²) < 4.78 is 4.89. The van der Waals surface area contributed by atoms with Crippen LogP contribution in [-0.4, -0.2) is 26.2 Å². The zero-order valence-electron chi connectivity index (χ0n) is 9.33. The van der Waals surface area contributed by atoms with Crippen LogP contribution in [0.25, 0.3) is 0 Å². The van der Waals surface area contributed by atoms with Gasteiger partial charge in [-0.25, -0.2) is 0 Å². The van der Waals surface area contributed by atoms with Crippen molar-refractivity contribution in [1.29, 1.82) is 0 Å². The van der Waals surface area contributed by atoms with E-state index in [9.17, 15) is 4.79 Å². The molecule has 1 rings (SSSR count). The Hall–Kier alpha value is -1.06. The van der Waals surface area contributed by atoms with Crippen molar-refractivity contribution in [3.05, 3.63) is 34.9 Å². The van der Waals surface area contributed by atoms with E-state index in [4.69, 9.17) is 16.3 Å². The Morgan fingerprint density at radius 3 is 2.88 bits per heavy atom. The molecular formula is C12H16ClNO2. The summed E-state index contributed by atoms with van der Waals surface area (Å²) in [5.41, 5.74) is 0.855. The van der Waals surface area contributed by atoms with Crippen molar-refractivity contribution in [3.63, 3.8) is 0 Å². The fraction of sp³-hybridized carbons (Fsp3) is 0.417. The van der Waals surface area contributed by atoms with E-state index in [1.54, 1.807) is 13.2 Å². The Kier molecular flexibility index (Phi) is 5.90. The third kappa shape index (κ3) is 4.64. The molecule has 1 N–H and O–H groups in total. The van der Waals surface area contributed by atoms with Crippen LogP contribution in [0.3, 0.4) is 0 Å². The van der Waals surface area contributed by atoms with E-state index in [0.717, 1.165) is 12.0 Å². The van der Waals surface area contributed by atoms with Crippen LogP contribution >= 0.6 is 11.6 Å². The molecule has 0 atom stereocenters. The second kappa shape index (κ2) is 7.25. The topological polar surface area (TPSA) is 38.3 Å². The number of ether oxygens (including phenoxy) is 1. The van der Waals surface area contributed by atoms with E-state index in [-0.39, 0.29) is 5.91 Å². The highest BCUT2D eigenvalue weighted by atomic mass is 35.5. The molecular weight excluding hydrogens is 226 g/mol. The summed E-state index contributed by atoms with van der Waals surface area (Å²) in [5, 5.41) is 3.45. The van der Waals surface area contributed by atoms with Gasteiger partial charge in [-0.1, -0.05) is 29.8 Å². The highest BCUT2D eigenvalue weighted by molar-refractivity contribution is 6.31. The maximum atomic E-state index is 11.5. The zero-order valence-corrected chi connectivity index (χ0v) is 10.1. The SMILES string of the molecule is COCCCNC(=O)Cc1ccccc1Cl. The molecule has 0 bridgehead atoms. The molecule has 0 fully saturated rings. The van der Waals surface area contributed by atoms with Crippen LogP contribution in [-0.2, 0) is 16.0 Å². The monoisotopic (exact) mass is 241 g/mol. The summed E-state index contributed by atoms with van der Waals surface area (Å²) in [6.45, 7) is 1.30. The van der Waals surface area contributed by atoms with Gasteiger partial charge in [0.05, 0.1) is 6.42 Å². The highest BCUT2D eigenvalue weighted by Gasteiger charge is 2.05. The Labute approximate surface area is 101 Å². The summed E-state index contributed by atoms with van der Waals surface area (Å²) in [6.07, 6.45) is 1.15. The van der Waals surface area contributed by atoms with Gasteiger partial charge in [-0.05, 0) is 18.1 Å². The van der Waals surface area contributed by atoms with Crippen molar-refractivity contribution in [2.45, 2.75) is 12.8 Å². The minimum atomic E-state index is -0.01000. The molecule has 0 aromatic heterocycles. The maximum absolute atomic E-state index is 11.5. The van der Waals surface area contributed by atoms with Gasteiger partial charge in [-0.3, -0.25) is 4.79 Å². The van der Waals surface area contributed by atoms with Gasteiger partial charge in [0.25, 0.3) is 0 Å². The summed E-state index contributed by atoms with van der Waals surface area (Å²) in [4.78, 5) is 11.5. The third-order valence-corrected chi connectivity index (χ3v) is 2.52. The molecule has 0 aliphatic rings. The molecule has 88 valence electrons. The number of carbonyl (C=O) groups is 1. The van der Waals surface area contributed by atoms with Crippen LogP contribution in [0.1, 0.15) is 12.0 Å². The van der Waals surface area contributed by atoms with Gasteiger partial charge in [0.2, 0.25) is 5.91 Å². The molecule has 1 aromatic rings. The molecule has 0 heterocycles. The Bertz CT molecular complexity index is 342. The van der Waals surface area contributed by atoms with Crippen molar-refractivity contribution < 1.29 is 9.53 Å². The number of carbonyl (C=O) groups excluding carboxylic acids is 1.